The van der Waals surface area contributed by atoms with Crippen LogP contribution < -0.4 is 5.73 Å². The Hall–Kier alpha value is -1.10. The van der Waals surface area contributed by atoms with E-state index in [4.69, 9.17) is 5.73 Å². The first-order valence-corrected chi connectivity index (χ1v) is 5.56. The highest BCUT2D eigenvalue weighted by molar-refractivity contribution is 5.82. The SMILES string of the molecule is COC(=O)CN(C)C(=O)CC1(N)CCCC1. The van der Waals surface area contributed by atoms with Crippen molar-refractivity contribution in [3.63, 3.8) is 0 Å². The summed E-state index contributed by atoms with van der Waals surface area (Å²) in [7, 11) is 2.90. The van der Waals surface area contributed by atoms with E-state index in [1.807, 2.05) is 0 Å². The van der Waals surface area contributed by atoms with Gasteiger partial charge in [0.15, 0.2) is 0 Å². The molecule has 0 radical (unpaired) electrons. The zero-order valence-electron chi connectivity index (χ0n) is 9.99. The molecule has 1 rings (SSSR count). The standard InChI is InChI=1S/C11H20N2O3/c1-13(8-10(15)16-2)9(14)7-11(12)5-3-4-6-11/h3-8,12H2,1-2H3. The Morgan fingerprint density at radius 3 is 2.44 bits per heavy atom. The summed E-state index contributed by atoms with van der Waals surface area (Å²) in [5.41, 5.74) is 5.74. The second-order valence-electron chi connectivity index (χ2n) is 4.57. The van der Waals surface area contributed by atoms with E-state index in [2.05, 4.69) is 4.74 Å². The number of esters is 1. The van der Waals surface area contributed by atoms with E-state index in [0.717, 1.165) is 25.7 Å². The van der Waals surface area contributed by atoms with E-state index in [9.17, 15) is 9.59 Å². The van der Waals surface area contributed by atoms with E-state index in [0.29, 0.717) is 6.42 Å². The number of hydrogen-bond acceptors (Lipinski definition) is 4. The summed E-state index contributed by atoms with van der Waals surface area (Å²) in [4.78, 5) is 24.2. The molecule has 0 bridgehead atoms. The fourth-order valence-corrected chi connectivity index (χ4v) is 2.04. The molecule has 1 fully saturated rings. The molecule has 5 nitrogen and oxygen atoms in total. The summed E-state index contributed by atoms with van der Waals surface area (Å²) in [5, 5.41) is 0. The molecule has 1 amide bonds. The topological polar surface area (TPSA) is 72.6 Å². The molecule has 1 saturated carbocycles. The van der Waals surface area contributed by atoms with Crippen molar-refractivity contribution in [1.82, 2.24) is 4.90 Å². The van der Waals surface area contributed by atoms with E-state index in [-0.39, 0.29) is 18.0 Å². The van der Waals surface area contributed by atoms with Gasteiger partial charge in [-0.3, -0.25) is 9.59 Å². The summed E-state index contributed by atoms with van der Waals surface area (Å²) >= 11 is 0. The van der Waals surface area contributed by atoms with E-state index in [1.165, 1.54) is 12.0 Å². The van der Waals surface area contributed by atoms with Gasteiger partial charge < -0.3 is 15.4 Å². The monoisotopic (exact) mass is 228 g/mol. The van der Waals surface area contributed by atoms with Crippen molar-refractivity contribution in [3.05, 3.63) is 0 Å². The number of rotatable bonds is 4. The Bertz CT molecular complexity index is 272. The lowest BCUT2D eigenvalue weighted by atomic mass is 9.94. The minimum Gasteiger partial charge on any atom is -0.468 e. The number of ether oxygens (including phenoxy) is 1. The molecule has 2 N–H and O–H groups in total. The second-order valence-corrected chi connectivity index (χ2v) is 4.57. The van der Waals surface area contributed by atoms with E-state index < -0.39 is 5.97 Å². The highest BCUT2D eigenvalue weighted by Gasteiger charge is 2.32. The van der Waals surface area contributed by atoms with Gasteiger partial charge in [0, 0.05) is 19.0 Å². The molecule has 1 aliphatic carbocycles. The maximum Gasteiger partial charge on any atom is 0.325 e. The Morgan fingerprint density at radius 1 is 1.38 bits per heavy atom. The number of methoxy groups -OCH3 is 1. The Balaban J connectivity index is 2.42. The molecule has 1 aliphatic rings. The number of nitrogens with two attached hydrogens (primary N) is 1. The van der Waals surface area contributed by atoms with Gasteiger partial charge in [0.25, 0.3) is 0 Å². The third-order valence-corrected chi connectivity index (χ3v) is 3.12. The smallest absolute Gasteiger partial charge is 0.325 e. The van der Waals surface area contributed by atoms with Gasteiger partial charge in [0.1, 0.15) is 6.54 Å². The van der Waals surface area contributed by atoms with Gasteiger partial charge in [-0.05, 0) is 12.8 Å². The molecule has 0 unspecified atom stereocenters. The first kappa shape index (κ1) is 13.0. The van der Waals surface area contributed by atoms with Crippen molar-refractivity contribution in [3.8, 4) is 0 Å². The average molecular weight is 228 g/mol. The van der Waals surface area contributed by atoms with Crippen LogP contribution in [0, 0.1) is 0 Å². The summed E-state index contributed by atoms with van der Waals surface area (Å²) in [6.07, 6.45) is 4.28. The summed E-state index contributed by atoms with van der Waals surface area (Å²) in [6, 6.07) is 0. The molecule has 0 aromatic carbocycles. The van der Waals surface area contributed by atoms with Gasteiger partial charge in [0.2, 0.25) is 5.91 Å². The van der Waals surface area contributed by atoms with Crippen LogP contribution in [0.15, 0.2) is 0 Å². The minimum atomic E-state index is -0.409. The minimum absolute atomic E-state index is 0.00852. The van der Waals surface area contributed by atoms with E-state index >= 15 is 0 Å². The van der Waals surface area contributed by atoms with Gasteiger partial charge in [0.05, 0.1) is 7.11 Å². The van der Waals surface area contributed by atoms with Crippen molar-refractivity contribution in [2.24, 2.45) is 5.73 Å². The van der Waals surface area contributed by atoms with Crippen LogP contribution in [0.2, 0.25) is 0 Å². The molecule has 0 aliphatic heterocycles. The third-order valence-electron chi connectivity index (χ3n) is 3.12. The lowest BCUT2D eigenvalue weighted by Gasteiger charge is -2.25. The number of carbonyl (C=O) groups excluding carboxylic acids is 2. The molecular weight excluding hydrogens is 208 g/mol. The fraction of sp³-hybridized carbons (Fsp3) is 0.818. The van der Waals surface area contributed by atoms with Crippen LogP contribution in [0.25, 0.3) is 0 Å². The first-order valence-electron chi connectivity index (χ1n) is 5.56. The molecule has 0 heterocycles. The van der Waals surface area contributed by atoms with Crippen LogP contribution >= 0.6 is 0 Å². The predicted octanol–water partition coefficient (Wildman–Crippen LogP) is 0.279. The molecular formula is C11H20N2O3. The lowest BCUT2D eigenvalue weighted by molar-refractivity contribution is -0.146. The van der Waals surface area contributed by atoms with Gasteiger partial charge in [-0.2, -0.15) is 0 Å². The van der Waals surface area contributed by atoms with Crippen molar-refractivity contribution >= 4 is 11.9 Å². The maximum atomic E-state index is 11.8. The quantitative estimate of drug-likeness (QED) is 0.701. The number of amides is 1. The molecule has 0 atom stereocenters. The molecule has 16 heavy (non-hydrogen) atoms. The first-order chi connectivity index (χ1) is 7.47. The highest BCUT2D eigenvalue weighted by Crippen LogP contribution is 2.30. The van der Waals surface area contributed by atoms with Gasteiger partial charge in [-0.1, -0.05) is 12.8 Å². The Morgan fingerprint density at radius 2 is 1.94 bits per heavy atom. The van der Waals surface area contributed by atoms with E-state index in [1.54, 1.807) is 7.05 Å². The van der Waals surface area contributed by atoms with Crippen LogP contribution in [0.1, 0.15) is 32.1 Å². The number of carbonyl (C=O) groups is 2. The maximum absolute atomic E-state index is 11.8. The predicted molar refractivity (Wildman–Crippen MR) is 59.7 cm³/mol. The van der Waals surface area contributed by atoms with Crippen LogP contribution in [-0.2, 0) is 14.3 Å². The van der Waals surface area contributed by atoms with Crippen molar-refractivity contribution < 1.29 is 14.3 Å². The largest absolute Gasteiger partial charge is 0.468 e. The van der Waals surface area contributed by atoms with Gasteiger partial charge in [-0.25, -0.2) is 0 Å². The molecule has 92 valence electrons. The summed E-state index contributed by atoms with van der Waals surface area (Å²) < 4.78 is 4.50. The van der Waals surface area contributed by atoms with Crippen molar-refractivity contribution in [2.75, 3.05) is 20.7 Å². The lowest BCUT2D eigenvalue weighted by Crippen LogP contribution is -2.43. The van der Waals surface area contributed by atoms with Crippen LogP contribution in [0.5, 0.6) is 0 Å². The Kier molecular flexibility index (Phi) is 4.29. The highest BCUT2D eigenvalue weighted by atomic mass is 16.5. The molecule has 0 spiro atoms. The fourth-order valence-electron chi connectivity index (χ4n) is 2.04. The van der Waals surface area contributed by atoms with Crippen LogP contribution in [-0.4, -0.2) is 43.0 Å². The zero-order valence-corrected chi connectivity index (χ0v) is 9.99. The van der Waals surface area contributed by atoms with Gasteiger partial charge in [-0.15, -0.1) is 0 Å². The average Bonchev–Trinajstić information content (AvgIpc) is 2.64. The number of hydrogen-bond donors (Lipinski definition) is 1. The molecule has 5 heteroatoms. The molecule has 0 saturated heterocycles. The molecule has 0 aromatic rings. The summed E-state index contributed by atoms with van der Waals surface area (Å²) in [6.45, 7) is -0.00852. The number of nitrogens with zero attached hydrogens (tertiary/aromatic N) is 1. The zero-order chi connectivity index (χ0) is 12.2. The van der Waals surface area contributed by atoms with Gasteiger partial charge >= 0.3 is 5.97 Å². The van der Waals surface area contributed by atoms with Crippen LogP contribution in [0.4, 0.5) is 0 Å². The number of likely N-dealkylation sites (N-methyl/N-ethyl adjacent to an activating group) is 1. The van der Waals surface area contributed by atoms with Crippen molar-refractivity contribution in [2.45, 2.75) is 37.6 Å². The van der Waals surface area contributed by atoms with Crippen LogP contribution in [0.3, 0.4) is 0 Å². The third kappa shape index (κ3) is 3.48. The normalized spacial score (nSPS) is 18.2. The molecule has 0 aromatic heterocycles. The van der Waals surface area contributed by atoms with Crippen molar-refractivity contribution in [1.29, 1.82) is 0 Å². The summed E-state index contributed by atoms with van der Waals surface area (Å²) in [5.74, 6) is -0.497. The Labute approximate surface area is 95.9 Å². The second kappa shape index (κ2) is 5.30.